The fourth-order valence-corrected chi connectivity index (χ4v) is 2.85. The molecule has 2 aromatic rings. The van der Waals surface area contributed by atoms with Crippen LogP contribution in [0.5, 0.6) is 5.75 Å². The van der Waals surface area contributed by atoms with Gasteiger partial charge in [0.25, 0.3) is 5.69 Å². The average molecular weight is 417 g/mol. The molecule has 152 valence electrons. The van der Waals surface area contributed by atoms with Crippen LogP contribution in [-0.2, 0) is 20.1 Å². The number of carbonyl (C=O) groups is 2. The number of thioether (sulfide) groups is 1. The topological polar surface area (TPSA) is 120 Å². The Bertz CT molecular complexity index is 886. The van der Waals surface area contributed by atoms with E-state index < -0.39 is 10.9 Å². The summed E-state index contributed by atoms with van der Waals surface area (Å²) in [5.41, 5.74) is 4.03. The Morgan fingerprint density at radius 2 is 2.00 bits per heavy atom. The highest BCUT2D eigenvalue weighted by Gasteiger charge is 2.05. The molecular formula is C19H19N3O6S. The van der Waals surface area contributed by atoms with Crippen LogP contribution in [-0.4, -0.2) is 42.5 Å². The third-order valence-electron chi connectivity index (χ3n) is 3.49. The van der Waals surface area contributed by atoms with Gasteiger partial charge in [-0.25, -0.2) is 10.2 Å². The first-order chi connectivity index (χ1) is 14.0. The number of hydrazone groups is 1. The molecule has 10 heteroatoms. The molecule has 9 nitrogen and oxygen atoms in total. The largest absolute Gasteiger partial charge is 0.482 e. The van der Waals surface area contributed by atoms with Gasteiger partial charge in [0, 0.05) is 17.9 Å². The summed E-state index contributed by atoms with van der Waals surface area (Å²) < 4.78 is 9.78. The normalized spacial score (nSPS) is 10.5. The number of hydrogen-bond acceptors (Lipinski definition) is 8. The van der Waals surface area contributed by atoms with Crippen molar-refractivity contribution >= 4 is 35.5 Å². The number of nitro benzene ring substituents is 1. The van der Waals surface area contributed by atoms with Crippen molar-refractivity contribution in [1.82, 2.24) is 5.43 Å². The van der Waals surface area contributed by atoms with Crippen molar-refractivity contribution in [2.75, 3.05) is 19.5 Å². The van der Waals surface area contributed by atoms with Crippen molar-refractivity contribution in [3.63, 3.8) is 0 Å². The highest BCUT2D eigenvalue weighted by atomic mass is 32.2. The first kappa shape index (κ1) is 21.9. The summed E-state index contributed by atoms with van der Waals surface area (Å²) in [5.74, 6) is 0.462. The average Bonchev–Trinajstić information content (AvgIpc) is 2.72. The van der Waals surface area contributed by atoms with E-state index in [1.807, 2.05) is 0 Å². The highest BCUT2D eigenvalue weighted by Crippen LogP contribution is 2.16. The van der Waals surface area contributed by atoms with Gasteiger partial charge in [0.2, 0.25) is 5.91 Å². The van der Waals surface area contributed by atoms with Gasteiger partial charge >= 0.3 is 5.97 Å². The van der Waals surface area contributed by atoms with Crippen LogP contribution in [0.1, 0.15) is 11.1 Å². The molecule has 29 heavy (non-hydrogen) atoms. The zero-order valence-electron chi connectivity index (χ0n) is 15.6. The minimum Gasteiger partial charge on any atom is -0.482 e. The van der Waals surface area contributed by atoms with Gasteiger partial charge in [-0.05, 0) is 23.3 Å². The van der Waals surface area contributed by atoms with Crippen LogP contribution in [0.3, 0.4) is 0 Å². The van der Waals surface area contributed by atoms with Crippen molar-refractivity contribution in [2.24, 2.45) is 5.10 Å². The molecule has 0 aliphatic carbocycles. The molecule has 0 unspecified atom stereocenters. The fraction of sp³-hybridized carbons (Fsp3) is 0.211. The van der Waals surface area contributed by atoms with E-state index >= 15 is 0 Å². The Labute approximate surface area is 171 Å². The van der Waals surface area contributed by atoms with Gasteiger partial charge < -0.3 is 9.47 Å². The number of esters is 1. The molecule has 0 bridgehead atoms. The summed E-state index contributed by atoms with van der Waals surface area (Å²) in [6, 6.07) is 13.1. The number of rotatable bonds is 10. The number of nitrogens with one attached hydrogen (secondary N) is 1. The van der Waals surface area contributed by atoms with E-state index in [0.717, 1.165) is 5.56 Å². The lowest BCUT2D eigenvalue weighted by atomic mass is 10.2. The van der Waals surface area contributed by atoms with Crippen LogP contribution in [0.2, 0.25) is 0 Å². The summed E-state index contributed by atoms with van der Waals surface area (Å²) in [5, 5.41) is 14.5. The number of nitrogens with zero attached hydrogens (tertiary/aromatic N) is 2. The minimum absolute atomic E-state index is 0.0330. The molecule has 0 heterocycles. The van der Waals surface area contributed by atoms with Gasteiger partial charge in [-0.1, -0.05) is 24.3 Å². The Balaban J connectivity index is 1.73. The third-order valence-corrected chi connectivity index (χ3v) is 4.50. The number of non-ortho nitro benzene ring substituents is 1. The molecule has 0 aromatic heterocycles. The van der Waals surface area contributed by atoms with Crippen LogP contribution >= 0.6 is 11.8 Å². The quantitative estimate of drug-likeness (QED) is 0.273. The van der Waals surface area contributed by atoms with Crippen LogP contribution in [0.4, 0.5) is 5.69 Å². The lowest BCUT2D eigenvalue weighted by Gasteiger charge is -2.05. The second-order valence-electron chi connectivity index (χ2n) is 5.65. The minimum atomic E-state index is -0.484. The SMILES string of the molecule is COC(=O)COc1cccc(/C=N/NC(=O)CSCc2ccc([N+](=O)[O-])cc2)c1. The molecular weight excluding hydrogens is 398 g/mol. The van der Waals surface area contributed by atoms with Crippen LogP contribution in [0.25, 0.3) is 0 Å². The van der Waals surface area contributed by atoms with Crippen LogP contribution in [0.15, 0.2) is 53.6 Å². The molecule has 0 saturated carbocycles. The standard InChI is InChI=1S/C19H19N3O6S/c1-27-19(24)11-28-17-4-2-3-15(9-17)10-20-21-18(23)13-29-12-14-5-7-16(8-6-14)22(25)26/h2-10H,11-13H2,1H3,(H,21,23)/b20-10+. The molecule has 0 spiro atoms. The second kappa shape index (κ2) is 11.4. The van der Waals surface area contributed by atoms with Gasteiger partial charge in [-0.2, -0.15) is 5.10 Å². The predicted octanol–water partition coefficient (Wildman–Crippen LogP) is 2.53. The monoisotopic (exact) mass is 417 g/mol. The van der Waals surface area contributed by atoms with Crippen molar-refractivity contribution in [3.05, 3.63) is 69.8 Å². The van der Waals surface area contributed by atoms with E-state index in [1.54, 1.807) is 36.4 Å². The van der Waals surface area contributed by atoms with E-state index in [2.05, 4.69) is 15.3 Å². The maximum Gasteiger partial charge on any atom is 0.343 e. The van der Waals surface area contributed by atoms with Gasteiger partial charge in [0.1, 0.15) is 5.75 Å². The van der Waals surface area contributed by atoms with Crippen LogP contribution in [0, 0.1) is 10.1 Å². The molecule has 0 aliphatic rings. The first-order valence-electron chi connectivity index (χ1n) is 8.40. The molecule has 2 aromatic carbocycles. The van der Waals surface area contributed by atoms with E-state index in [9.17, 15) is 19.7 Å². The van der Waals surface area contributed by atoms with E-state index in [-0.39, 0.29) is 24.0 Å². The Hall–Kier alpha value is -3.40. The van der Waals surface area contributed by atoms with Gasteiger partial charge in [0.15, 0.2) is 6.61 Å². The van der Waals surface area contributed by atoms with Crippen molar-refractivity contribution in [2.45, 2.75) is 5.75 Å². The summed E-state index contributed by atoms with van der Waals surface area (Å²) in [7, 11) is 1.28. The number of methoxy groups -OCH3 is 1. The summed E-state index contributed by atoms with van der Waals surface area (Å²) >= 11 is 1.37. The number of carbonyl (C=O) groups excluding carboxylic acids is 2. The zero-order chi connectivity index (χ0) is 21.1. The van der Waals surface area contributed by atoms with E-state index in [1.165, 1.54) is 37.2 Å². The third kappa shape index (κ3) is 8.01. The van der Waals surface area contributed by atoms with Crippen molar-refractivity contribution < 1.29 is 24.0 Å². The van der Waals surface area contributed by atoms with Gasteiger partial charge in [-0.15, -0.1) is 11.8 Å². The molecule has 0 fully saturated rings. The Morgan fingerprint density at radius 1 is 1.24 bits per heavy atom. The van der Waals surface area contributed by atoms with Gasteiger partial charge in [-0.3, -0.25) is 14.9 Å². The molecule has 0 aliphatic heterocycles. The maximum absolute atomic E-state index is 11.8. The Morgan fingerprint density at radius 3 is 2.69 bits per heavy atom. The smallest absolute Gasteiger partial charge is 0.343 e. The van der Waals surface area contributed by atoms with Crippen LogP contribution < -0.4 is 10.2 Å². The molecule has 0 atom stereocenters. The van der Waals surface area contributed by atoms with Crippen molar-refractivity contribution in [3.8, 4) is 5.75 Å². The second-order valence-corrected chi connectivity index (χ2v) is 6.63. The number of amides is 1. The number of ether oxygens (including phenoxy) is 2. The highest BCUT2D eigenvalue weighted by molar-refractivity contribution is 7.99. The molecule has 1 amide bonds. The summed E-state index contributed by atoms with van der Waals surface area (Å²) in [6.07, 6.45) is 1.46. The predicted molar refractivity (Wildman–Crippen MR) is 109 cm³/mol. The van der Waals surface area contributed by atoms with Crippen molar-refractivity contribution in [1.29, 1.82) is 0 Å². The summed E-state index contributed by atoms with van der Waals surface area (Å²) in [6.45, 7) is -0.195. The zero-order valence-corrected chi connectivity index (χ0v) is 16.4. The number of nitro groups is 1. The molecule has 0 saturated heterocycles. The summed E-state index contributed by atoms with van der Waals surface area (Å²) in [4.78, 5) is 33.1. The van der Waals surface area contributed by atoms with Gasteiger partial charge in [0.05, 0.1) is 24.0 Å². The van der Waals surface area contributed by atoms with E-state index in [0.29, 0.717) is 17.1 Å². The molecule has 2 rings (SSSR count). The number of benzene rings is 2. The number of hydrogen-bond donors (Lipinski definition) is 1. The lowest BCUT2D eigenvalue weighted by Crippen LogP contribution is -2.19. The molecule has 0 radical (unpaired) electrons. The lowest BCUT2D eigenvalue weighted by molar-refractivity contribution is -0.384. The fourth-order valence-electron chi connectivity index (χ4n) is 2.07. The maximum atomic E-state index is 11.8. The van der Waals surface area contributed by atoms with E-state index in [4.69, 9.17) is 4.74 Å². The Kier molecular flexibility index (Phi) is 8.64. The first-order valence-corrected chi connectivity index (χ1v) is 9.56. The molecule has 1 N–H and O–H groups in total.